The monoisotopic (exact) mass is 269 g/mol. The van der Waals surface area contributed by atoms with Gasteiger partial charge in [0.1, 0.15) is 0 Å². The molecule has 0 radical (unpaired) electrons. The van der Waals surface area contributed by atoms with E-state index in [0.29, 0.717) is 11.1 Å². The number of pyridine rings is 1. The Kier molecular flexibility index (Phi) is 3.44. The lowest BCUT2D eigenvalue weighted by molar-refractivity contribution is -0.137. The van der Waals surface area contributed by atoms with Gasteiger partial charge in [-0.15, -0.1) is 0 Å². The number of rotatable bonds is 2. The average Bonchev–Trinajstić information content (AvgIpc) is 2.37. The molecule has 19 heavy (non-hydrogen) atoms. The quantitative estimate of drug-likeness (QED) is 0.880. The van der Waals surface area contributed by atoms with E-state index in [9.17, 15) is 18.0 Å². The smallest absolute Gasteiger partial charge is 0.392 e. The molecule has 6 heteroatoms. The first-order chi connectivity index (χ1) is 8.93. The zero-order chi connectivity index (χ0) is 14.0. The van der Waals surface area contributed by atoms with Crippen LogP contribution >= 0.6 is 0 Å². The number of H-pyrrole nitrogens is 1. The van der Waals surface area contributed by atoms with E-state index < -0.39 is 17.3 Å². The minimum absolute atomic E-state index is 0.179. The summed E-state index contributed by atoms with van der Waals surface area (Å²) in [5.74, 6) is 0. The molecule has 0 saturated heterocycles. The van der Waals surface area contributed by atoms with Crippen molar-refractivity contribution in [2.75, 3.05) is 0 Å². The molecule has 0 unspecified atom stereocenters. The summed E-state index contributed by atoms with van der Waals surface area (Å²) in [5.41, 5.74) is -0.360. The molecule has 0 aliphatic carbocycles. The highest BCUT2D eigenvalue weighted by Crippen LogP contribution is 2.30. The van der Waals surface area contributed by atoms with Gasteiger partial charge in [-0.2, -0.15) is 13.2 Å². The van der Waals surface area contributed by atoms with Gasteiger partial charge in [-0.3, -0.25) is 4.79 Å². The van der Waals surface area contributed by atoms with E-state index in [1.54, 1.807) is 0 Å². The molecule has 2 rings (SSSR count). The number of hydrogen-bond donors (Lipinski definition) is 2. The summed E-state index contributed by atoms with van der Waals surface area (Å²) in [6.45, 7) is -0.361. The zero-order valence-corrected chi connectivity index (χ0v) is 9.66. The van der Waals surface area contributed by atoms with Gasteiger partial charge in [0, 0.05) is 6.20 Å². The van der Waals surface area contributed by atoms with Crippen LogP contribution in [-0.2, 0) is 12.8 Å². The van der Waals surface area contributed by atoms with E-state index in [1.165, 1.54) is 24.4 Å². The normalized spacial score (nSPS) is 11.6. The van der Waals surface area contributed by atoms with Gasteiger partial charge >= 0.3 is 6.18 Å². The minimum Gasteiger partial charge on any atom is -0.392 e. The fourth-order valence-corrected chi connectivity index (χ4v) is 1.79. The van der Waals surface area contributed by atoms with E-state index in [-0.39, 0.29) is 12.2 Å². The zero-order valence-electron chi connectivity index (χ0n) is 9.66. The Morgan fingerprint density at radius 3 is 2.26 bits per heavy atom. The Hall–Kier alpha value is -2.08. The molecule has 1 aromatic carbocycles. The van der Waals surface area contributed by atoms with Crippen molar-refractivity contribution >= 4 is 0 Å². The summed E-state index contributed by atoms with van der Waals surface area (Å²) in [5, 5.41) is 9.16. The van der Waals surface area contributed by atoms with Crippen molar-refractivity contribution in [1.29, 1.82) is 0 Å². The minimum atomic E-state index is -4.42. The molecule has 0 bridgehead atoms. The van der Waals surface area contributed by atoms with Crippen molar-refractivity contribution in [3.05, 3.63) is 58.0 Å². The lowest BCUT2D eigenvalue weighted by atomic mass is 10.0. The highest BCUT2D eigenvalue weighted by Gasteiger charge is 2.30. The second kappa shape index (κ2) is 4.89. The number of aliphatic hydroxyl groups is 1. The van der Waals surface area contributed by atoms with Crippen molar-refractivity contribution in [1.82, 2.24) is 4.98 Å². The molecular weight excluding hydrogens is 259 g/mol. The van der Waals surface area contributed by atoms with E-state index in [1.807, 2.05) is 0 Å². The third-order valence-electron chi connectivity index (χ3n) is 2.72. The number of aromatic nitrogens is 1. The molecule has 1 aromatic heterocycles. The van der Waals surface area contributed by atoms with Gasteiger partial charge in [0.2, 0.25) is 0 Å². The topological polar surface area (TPSA) is 53.1 Å². The molecule has 0 fully saturated rings. The van der Waals surface area contributed by atoms with Crippen LogP contribution in [0.15, 0.2) is 41.3 Å². The fourth-order valence-electron chi connectivity index (χ4n) is 1.79. The van der Waals surface area contributed by atoms with Crippen LogP contribution in [0.5, 0.6) is 0 Å². The van der Waals surface area contributed by atoms with Crippen LogP contribution in [0, 0.1) is 0 Å². The van der Waals surface area contributed by atoms with Gasteiger partial charge in [-0.05, 0) is 29.3 Å². The van der Waals surface area contributed by atoms with E-state index in [4.69, 9.17) is 5.11 Å². The molecule has 2 N–H and O–H groups in total. The van der Waals surface area contributed by atoms with E-state index >= 15 is 0 Å². The van der Waals surface area contributed by atoms with Crippen LogP contribution in [0.2, 0.25) is 0 Å². The highest BCUT2D eigenvalue weighted by molar-refractivity contribution is 5.66. The molecule has 0 spiro atoms. The number of alkyl halides is 3. The maximum atomic E-state index is 12.4. The second-order valence-corrected chi connectivity index (χ2v) is 3.94. The van der Waals surface area contributed by atoms with Crippen LogP contribution in [0.25, 0.3) is 11.1 Å². The molecule has 100 valence electrons. The summed E-state index contributed by atoms with van der Waals surface area (Å²) >= 11 is 0. The summed E-state index contributed by atoms with van der Waals surface area (Å²) in [6, 6.07) is 5.75. The maximum absolute atomic E-state index is 12.4. The Morgan fingerprint density at radius 1 is 1.11 bits per heavy atom. The van der Waals surface area contributed by atoms with Gasteiger partial charge in [-0.25, -0.2) is 0 Å². The molecule has 3 nitrogen and oxygen atoms in total. The number of nitrogens with one attached hydrogen (secondary N) is 1. The first-order valence-corrected chi connectivity index (χ1v) is 5.42. The molecule has 0 saturated carbocycles. The standard InChI is InChI=1S/C13H10F3NO2/c14-13(15,16)10-3-1-8(2-4-10)11-9(7-18)5-6-17-12(11)19/h1-6,18H,7H2,(H,17,19). The van der Waals surface area contributed by atoms with Crippen LogP contribution in [0.1, 0.15) is 11.1 Å². The Balaban J connectivity index is 2.52. The van der Waals surface area contributed by atoms with Crippen molar-refractivity contribution in [3.63, 3.8) is 0 Å². The summed E-state index contributed by atoms with van der Waals surface area (Å²) in [4.78, 5) is 14.1. The van der Waals surface area contributed by atoms with Crippen molar-refractivity contribution < 1.29 is 18.3 Å². The van der Waals surface area contributed by atoms with Crippen LogP contribution in [0.3, 0.4) is 0 Å². The first-order valence-electron chi connectivity index (χ1n) is 5.42. The second-order valence-electron chi connectivity index (χ2n) is 3.94. The lowest BCUT2D eigenvalue weighted by Gasteiger charge is -2.09. The first kappa shape index (κ1) is 13.4. The van der Waals surface area contributed by atoms with E-state index in [0.717, 1.165) is 12.1 Å². The lowest BCUT2D eigenvalue weighted by Crippen LogP contribution is -2.11. The van der Waals surface area contributed by atoms with Gasteiger partial charge in [0.15, 0.2) is 0 Å². The van der Waals surface area contributed by atoms with Crippen molar-refractivity contribution in [2.45, 2.75) is 12.8 Å². The molecule has 0 amide bonds. The molecule has 0 aliphatic rings. The Morgan fingerprint density at radius 2 is 1.74 bits per heavy atom. The number of aromatic amines is 1. The van der Waals surface area contributed by atoms with Crippen LogP contribution in [0.4, 0.5) is 13.2 Å². The molecule has 0 atom stereocenters. The third-order valence-corrected chi connectivity index (χ3v) is 2.72. The van der Waals surface area contributed by atoms with Crippen molar-refractivity contribution in [3.8, 4) is 11.1 Å². The van der Waals surface area contributed by atoms with Crippen LogP contribution < -0.4 is 5.56 Å². The largest absolute Gasteiger partial charge is 0.416 e. The predicted molar refractivity (Wildman–Crippen MR) is 63.4 cm³/mol. The highest BCUT2D eigenvalue weighted by atomic mass is 19.4. The number of hydrogen-bond acceptors (Lipinski definition) is 2. The maximum Gasteiger partial charge on any atom is 0.416 e. The number of halogens is 3. The fraction of sp³-hybridized carbons (Fsp3) is 0.154. The molecule has 2 aromatic rings. The third kappa shape index (κ3) is 2.68. The number of aliphatic hydroxyl groups excluding tert-OH is 1. The van der Waals surface area contributed by atoms with E-state index in [2.05, 4.69) is 4.98 Å². The predicted octanol–water partition coefficient (Wildman–Crippen LogP) is 2.55. The Labute approximate surface area is 106 Å². The van der Waals surface area contributed by atoms with Gasteiger partial charge in [0.05, 0.1) is 17.7 Å². The van der Waals surface area contributed by atoms with Gasteiger partial charge in [0.25, 0.3) is 5.56 Å². The molecular formula is C13H10F3NO2. The molecule has 1 heterocycles. The van der Waals surface area contributed by atoms with Crippen LogP contribution in [-0.4, -0.2) is 10.1 Å². The summed E-state index contributed by atoms with van der Waals surface area (Å²) in [6.07, 6.45) is -3.04. The van der Waals surface area contributed by atoms with Gasteiger partial charge < -0.3 is 10.1 Å². The van der Waals surface area contributed by atoms with Crippen molar-refractivity contribution in [2.24, 2.45) is 0 Å². The Bertz CT molecular complexity index is 630. The van der Waals surface area contributed by atoms with Gasteiger partial charge in [-0.1, -0.05) is 12.1 Å². The number of benzene rings is 1. The average molecular weight is 269 g/mol. The SMILES string of the molecule is O=c1[nH]ccc(CO)c1-c1ccc(C(F)(F)F)cc1. The summed E-state index contributed by atoms with van der Waals surface area (Å²) in [7, 11) is 0. The summed E-state index contributed by atoms with van der Waals surface area (Å²) < 4.78 is 37.3. The molecule has 0 aliphatic heterocycles.